The molecule has 0 aliphatic heterocycles. The molecular formula is C54H28N4OS. The summed E-state index contributed by atoms with van der Waals surface area (Å²) in [5, 5.41) is 14.2. The minimum Gasteiger partial charge on any atom is -0.456 e. The topological polar surface area (TPSA) is 48.8 Å². The first-order valence-corrected chi connectivity index (χ1v) is 21.1. The maximum atomic E-state index is 6.62. The Balaban J connectivity index is 1.12. The van der Waals surface area contributed by atoms with Crippen molar-refractivity contribution in [1.82, 2.24) is 19.1 Å². The van der Waals surface area contributed by atoms with Crippen molar-refractivity contribution in [2.24, 2.45) is 0 Å². The lowest BCUT2D eigenvalue weighted by molar-refractivity contribution is 0.669. The first-order valence-electron chi connectivity index (χ1n) is 20.3. The summed E-state index contributed by atoms with van der Waals surface area (Å²) < 4.78 is 12.5. The standard InChI is InChI=1S/C54H28N4OS/c1-2-13-31(14-3-1)57-38-20-10-19-36(45(38)37-25-23-29-11-4-5-15-32(29)52(37)57)51-47-35-16-6-7-22-43(35)60-53(47)56-54(55-51)58-39-21-9-18-34-33-17-8-12-30-24-27-41-49(44(30)33)50-42(59-41)28-26-40(58)48(50)46(34)39/h1-28H. The Hall–Kier alpha value is -7.80. The van der Waals surface area contributed by atoms with Gasteiger partial charge < -0.3 is 8.98 Å². The highest BCUT2D eigenvalue weighted by Gasteiger charge is 2.28. The molecule has 0 saturated heterocycles. The van der Waals surface area contributed by atoms with Gasteiger partial charge in [0.15, 0.2) is 0 Å². The number of para-hydroxylation sites is 1. The van der Waals surface area contributed by atoms with Crippen molar-refractivity contribution < 1.29 is 4.42 Å². The lowest BCUT2D eigenvalue weighted by Crippen LogP contribution is -2.03. The highest BCUT2D eigenvalue weighted by atomic mass is 32.1. The Morgan fingerprint density at radius 3 is 1.95 bits per heavy atom. The van der Waals surface area contributed by atoms with Gasteiger partial charge in [-0.2, -0.15) is 0 Å². The zero-order valence-corrected chi connectivity index (χ0v) is 32.6. The minimum atomic E-state index is 0.654. The normalized spacial score (nSPS) is 12.7. The molecule has 0 fully saturated rings. The summed E-state index contributed by atoms with van der Waals surface area (Å²) in [6.45, 7) is 0. The van der Waals surface area contributed by atoms with Crippen molar-refractivity contribution >= 4 is 119 Å². The second-order valence-corrected chi connectivity index (χ2v) is 17.0. The summed E-state index contributed by atoms with van der Waals surface area (Å²) in [4.78, 5) is 12.3. The van der Waals surface area contributed by atoms with Gasteiger partial charge >= 0.3 is 0 Å². The Labute approximate surface area is 344 Å². The average molecular weight is 781 g/mol. The van der Waals surface area contributed by atoms with Crippen LogP contribution in [-0.2, 0) is 0 Å². The zero-order valence-electron chi connectivity index (χ0n) is 31.8. The first-order chi connectivity index (χ1) is 29.8. The molecule has 5 heterocycles. The van der Waals surface area contributed by atoms with E-state index in [0.717, 1.165) is 60.3 Å². The lowest BCUT2D eigenvalue weighted by atomic mass is 9.95. The van der Waals surface area contributed by atoms with Crippen LogP contribution in [0.3, 0.4) is 0 Å². The molecular weight excluding hydrogens is 753 g/mol. The molecule has 1 aliphatic carbocycles. The quantitative estimate of drug-likeness (QED) is 0.179. The predicted molar refractivity (Wildman–Crippen MR) is 250 cm³/mol. The van der Waals surface area contributed by atoms with Crippen LogP contribution in [0.2, 0.25) is 0 Å². The van der Waals surface area contributed by atoms with Gasteiger partial charge in [0.2, 0.25) is 5.95 Å². The number of nitrogens with zero attached hydrogens (tertiary/aromatic N) is 4. The van der Waals surface area contributed by atoms with E-state index in [4.69, 9.17) is 14.4 Å². The van der Waals surface area contributed by atoms with Gasteiger partial charge in [-0.25, -0.2) is 9.97 Å². The molecule has 15 rings (SSSR count). The van der Waals surface area contributed by atoms with Crippen LogP contribution >= 0.6 is 11.3 Å². The monoisotopic (exact) mass is 780 g/mol. The molecule has 1 aliphatic rings. The number of rotatable bonds is 3. The molecule has 5 aromatic heterocycles. The molecule has 0 atom stereocenters. The molecule has 276 valence electrons. The van der Waals surface area contributed by atoms with Gasteiger partial charge in [0.25, 0.3) is 0 Å². The smallest absolute Gasteiger partial charge is 0.236 e. The molecule has 14 aromatic rings. The summed E-state index contributed by atoms with van der Waals surface area (Å²) in [5.74, 6) is 0.654. The maximum Gasteiger partial charge on any atom is 0.236 e. The van der Waals surface area contributed by atoms with Crippen molar-refractivity contribution in [2.75, 3.05) is 0 Å². The minimum absolute atomic E-state index is 0.654. The van der Waals surface area contributed by atoms with Crippen LogP contribution in [0.15, 0.2) is 174 Å². The number of benzene rings is 9. The second-order valence-electron chi connectivity index (χ2n) is 16.0. The van der Waals surface area contributed by atoms with E-state index in [9.17, 15) is 0 Å². The molecule has 0 radical (unpaired) electrons. The number of hydrogen-bond acceptors (Lipinski definition) is 4. The molecule has 0 N–H and O–H groups in total. The molecule has 9 aromatic carbocycles. The van der Waals surface area contributed by atoms with E-state index in [1.165, 1.54) is 75.2 Å². The molecule has 0 amide bonds. The third kappa shape index (κ3) is 3.78. The number of fused-ring (bicyclic) bond motifs is 9. The molecule has 60 heavy (non-hydrogen) atoms. The van der Waals surface area contributed by atoms with Crippen molar-refractivity contribution in [1.29, 1.82) is 0 Å². The fourth-order valence-corrected chi connectivity index (χ4v) is 11.8. The Bertz CT molecular complexity index is 4240. The van der Waals surface area contributed by atoms with Crippen LogP contribution in [0.25, 0.3) is 141 Å². The average Bonchev–Trinajstić information content (AvgIpc) is 4.04. The molecule has 6 heteroatoms. The van der Waals surface area contributed by atoms with Gasteiger partial charge in [-0.05, 0) is 70.4 Å². The van der Waals surface area contributed by atoms with Crippen molar-refractivity contribution in [3.8, 4) is 34.0 Å². The fraction of sp³-hybridized carbons (Fsp3) is 0. The highest BCUT2D eigenvalue weighted by Crippen LogP contribution is 2.51. The molecule has 0 bridgehead atoms. The second kappa shape index (κ2) is 11.0. The van der Waals surface area contributed by atoms with Gasteiger partial charge in [-0.3, -0.25) is 4.57 Å². The van der Waals surface area contributed by atoms with Gasteiger partial charge in [0.05, 0.1) is 27.8 Å². The number of aromatic nitrogens is 4. The van der Waals surface area contributed by atoms with Gasteiger partial charge in [-0.15, -0.1) is 11.3 Å². The first kappa shape index (κ1) is 31.2. The highest BCUT2D eigenvalue weighted by molar-refractivity contribution is 7.25. The summed E-state index contributed by atoms with van der Waals surface area (Å²) in [6.07, 6.45) is 0. The SMILES string of the molecule is c1ccc(-n2c3cccc(-c4nc(-n5c6cccc7c6c6c8c(ccc65)oc5ccc6cccc-7c6c58)nc5sc6ccccc6c45)c3c3ccc4ccccc4c32)cc1. The third-order valence-corrected chi connectivity index (χ3v) is 14.1. The predicted octanol–water partition coefficient (Wildman–Crippen LogP) is 14.9. The van der Waals surface area contributed by atoms with Gasteiger partial charge in [-0.1, -0.05) is 121 Å². The summed E-state index contributed by atoms with van der Waals surface area (Å²) in [7, 11) is 0. The Morgan fingerprint density at radius 1 is 0.400 bits per heavy atom. The Morgan fingerprint density at radius 2 is 1.07 bits per heavy atom. The van der Waals surface area contributed by atoms with E-state index in [-0.39, 0.29) is 0 Å². The lowest BCUT2D eigenvalue weighted by Gasteiger charge is -2.13. The summed E-state index contributed by atoms with van der Waals surface area (Å²) >= 11 is 1.74. The number of hydrogen-bond donors (Lipinski definition) is 0. The number of thiophene rings is 1. The zero-order chi connectivity index (χ0) is 38.8. The maximum absolute atomic E-state index is 6.62. The van der Waals surface area contributed by atoms with Crippen LogP contribution in [-0.4, -0.2) is 19.1 Å². The number of furan rings is 1. The third-order valence-electron chi connectivity index (χ3n) is 13.1. The van der Waals surface area contributed by atoms with E-state index in [0.29, 0.717) is 5.95 Å². The largest absolute Gasteiger partial charge is 0.456 e. The fourth-order valence-electron chi connectivity index (χ4n) is 10.7. The Kier molecular flexibility index (Phi) is 5.74. The summed E-state index contributed by atoms with van der Waals surface area (Å²) in [5.41, 5.74) is 11.8. The van der Waals surface area contributed by atoms with Crippen LogP contribution in [0.4, 0.5) is 0 Å². The van der Waals surface area contributed by atoms with Crippen LogP contribution in [0.5, 0.6) is 0 Å². The van der Waals surface area contributed by atoms with Crippen molar-refractivity contribution in [3.05, 3.63) is 170 Å². The van der Waals surface area contributed by atoms with E-state index in [1.807, 2.05) is 0 Å². The van der Waals surface area contributed by atoms with Crippen LogP contribution in [0, 0.1) is 0 Å². The summed E-state index contributed by atoms with van der Waals surface area (Å²) in [6, 6.07) is 61.4. The van der Waals surface area contributed by atoms with Crippen molar-refractivity contribution in [3.63, 3.8) is 0 Å². The van der Waals surface area contributed by atoms with Crippen LogP contribution < -0.4 is 0 Å². The molecule has 5 nitrogen and oxygen atoms in total. The van der Waals surface area contributed by atoms with E-state index in [2.05, 4.69) is 179 Å². The molecule has 0 unspecified atom stereocenters. The van der Waals surface area contributed by atoms with Gasteiger partial charge in [0, 0.05) is 69.8 Å². The molecule has 0 saturated carbocycles. The van der Waals surface area contributed by atoms with E-state index < -0.39 is 0 Å². The van der Waals surface area contributed by atoms with Gasteiger partial charge in [0.1, 0.15) is 16.0 Å². The molecule has 0 spiro atoms. The van der Waals surface area contributed by atoms with E-state index in [1.54, 1.807) is 11.3 Å². The van der Waals surface area contributed by atoms with Crippen molar-refractivity contribution in [2.45, 2.75) is 0 Å². The van der Waals surface area contributed by atoms with E-state index >= 15 is 0 Å². The van der Waals surface area contributed by atoms with Crippen LogP contribution in [0.1, 0.15) is 0 Å².